The lowest BCUT2D eigenvalue weighted by Gasteiger charge is -2.19. The van der Waals surface area contributed by atoms with Gasteiger partial charge in [-0.2, -0.15) is 0 Å². The number of hydrogen-bond donors (Lipinski definition) is 1. The zero-order chi connectivity index (χ0) is 19.3. The molecule has 26 heavy (non-hydrogen) atoms. The minimum atomic E-state index is -1.02. The smallest absolute Gasteiger partial charge is 0.341 e. The molecule has 1 aliphatic rings. The lowest BCUT2D eigenvalue weighted by atomic mass is 10.0. The van der Waals surface area contributed by atoms with Crippen LogP contribution in [0.15, 0.2) is 12.1 Å². The van der Waals surface area contributed by atoms with Crippen LogP contribution in [-0.2, 0) is 9.53 Å². The van der Waals surface area contributed by atoms with Gasteiger partial charge in [-0.1, -0.05) is 13.8 Å². The van der Waals surface area contributed by atoms with Gasteiger partial charge in [0.05, 0.1) is 6.10 Å². The lowest BCUT2D eigenvalue weighted by Crippen LogP contribution is -2.30. The Morgan fingerprint density at radius 2 is 1.92 bits per heavy atom. The number of aryl methyl sites for hydroxylation is 2. The summed E-state index contributed by atoms with van der Waals surface area (Å²) in [5, 5.41) is 8.76. The van der Waals surface area contributed by atoms with Gasteiger partial charge in [-0.15, -0.1) is 0 Å². The molecule has 1 aromatic carbocycles. The summed E-state index contributed by atoms with van der Waals surface area (Å²) < 4.78 is 11.2. The van der Waals surface area contributed by atoms with E-state index in [1.807, 2.05) is 18.7 Å². The number of carbonyl (C=O) groups excluding carboxylic acids is 1. The Labute approximate surface area is 155 Å². The van der Waals surface area contributed by atoms with Crippen molar-refractivity contribution in [2.75, 3.05) is 26.3 Å². The third kappa shape index (κ3) is 5.46. The maximum absolute atomic E-state index is 12.8. The van der Waals surface area contributed by atoms with Crippen LogP contribution in [-0.4, -0.2) is 54.3 Å². The van der Waals surface area contributed by atoms with Gasteiger partial charge in [0, 0.05) is 25.3 Å². The molecule has 0 radical (unpaired) electrons. The molecule has 1 N–H and O–H groups in total. The minimum absolute atomic E-state index is 0.0176. The van der Waals surface area contributed by atoms with Crippen molar-refractivity contribution in [3.05, 3.63) is 28.8 Å². The van der Waals surface area contributed by atoms with Gasteiger partial charge in [0.15, 0.2) is 6.61 Å². The Hall–Kier alpha value is -2.08. The first-order chi connectivity index (χ1) is 12.3. The number of amides is 1. The predicted molar refractivity (Wildman–Crippen MR) is 98.8 cm³/mol. The Kier molecular flexibility index (Phi) is 7.03. The highest BCUT2D eigenvalue weighted by molar-refractivity contribution is 5.95. The van der Waals surface area contributed by atoms with Gasteiger partial charge >= 0.3 is 5.97 Å². The molecule has 1 atom stereocenters. The average molecular weight is 363 g/mol. The topological polar surface area (TPSA) is 76.1 Å². The first-order valence-electron chi connectivity index (χ1n) is 9.14. The molecule has 1 heterocycles. The van der Waals surface area contributed by atoms with E-state index in [-0.39, 0.29) is 12.0 Å². The zero-order valence-corrected chi connectivity index (χ0v) is 16.1. The van der Waals surface area contributed by atoms with Gasteiger partial charge < -0.3 is 19.5 Å². The van der Waals surface area contributed by atoms with Crippen molar-refractivity contribution < 1.29 is 24.2 Å². The third-order valence-corrected chi connectivity index (χ3v) is 4.53. The van der Waals surface area contributed by atoms with E-state index in [2.05, 4.69) is 13.8 Å². The van der Waals surface area contributed by atoms with E-state index in [1.165, 1.54) is 0 Å². The Balaban J connectivity index is 1.98. The summed E-state index contributed by atoms with van der Waals surface area (Å²) >= 11 is 0. The van der Waals surface area contributed by atoms with Crippen LogP contribution in [0, 0.1) is 19.8 Å². The molecule has 0 bridgehead atoms. The number of carboxylic acid groups (broad SMARTS) is 1. The summed E-state index contributed by atoms with van der Waals surface area (Å²) in [5.41, 5.74) is 2.13. The molecular weight excluding hydrogens is 334 g/mol. The van der Waals surface area contributed by atoms with Crippen molar-refractivity contribution in [2.45, 2.75) is 46.6 Å². The number of nitrogens with zero attached hydrogens (tertiary/aromatic N) is 1. The summed E-state index contributed by atoms with van der Waals surface area (Å²) in [6, 6.07) is 3.53. The van der Waals surface area contributed by atoms with E-state index < -0.39 is 12.6 Å². The van der Waals surface area contributed by atoms with Crippen LogP contribution >= 0.6 is 0 Å². The summed E-state index contributed by atoms with van der Waals surface area (Å²) in [4.78, 5) is 25.3. The van der Waals surface area contributed by atoms with Gasteiger partial charge in [-0.25, -0.2) is 4.79 Å². The van der Waals surface area contributed by atoms with Crippen molar-refractivity contribution in [2.24, 2.45) is 5.92 Å². The summed E-state index contributed by atoms with van der Waals surface area (Å²) in [6.45, 7) is 9.64. The quantitative estimate of drug-likeness (QED) is 0.768. The molecule has 1 amide bonds. The van der Waals surface area contributed by atoms with Crippen LogP contribution in [0.2, 0.25) is 0 Å². The second-order valence-corrected chi connectivity index (χ2v) is 7.34. The summed E-state index contributed by atoms with van der Waals surface area (Å²) in [7, 11) is 0. The Morgan fingerprint density at radius 3 is 2.50 bits per heavy atom. The number of carbonyl (C=O) groups is 2. The van der Waals surface area contributed by atoms with E-state index in [0.717, 1.165) is 30.6 Å². The fraction of sp³-hybridized carbons (Fsp3) is 0.600. The predicted octanol–water partition coefficient (Wildman–Crippen LogP) is 3.04. The van der Waals surface area contributed by atoms with Crippen molar-refractivity contribution in [3.8, 4) is 5.75 Å². The molecule has 0 aromatic heterocycles. The van der Waals surface area contributed by atoms with Gasteiger partial charge in [-0.05, 0) is 55.9 Å². The fourth-order valence-electron chi connectivity index (χ4n) is 3.14. The minimum Gasteiger partial charge on any atom is -0.481 e. The van der Waals surface area contributed by atoms with Crippen molar-refractivity contribution in [1.29, 1.82) is 0 Å². The number of rotatable bonds is 8. The first-order valence-corrected chi connectivity index (χ1v) is 9.14. The van der Waals surface area contributed by atoms with Crippen LogP contribution in [0.25, 0.3) is 0 Å². The number of ether oxygens (including phenoxy) is 2. The first kappa shape index (κ1) is 20.2. The molecule has 0 saturated carbocycles. The van der Waals surface area contributed by atoms with Gasteiger partial charge in [0.25, 0.3) is 5.91 Å². The van der Waals surface area contributed by atoms with E-state index in [1.54, 1.807) is 12.1 Å². The average Bonchev–Trinajstić information content (AvgIpc) is 3.01. The van der Waals surface area contributed by atoms with Crippen LogP contribution in [0.1, 0.15) is 48.2 Å². The number of carboxylic acids is 1. The van der Waals surface area contributed by atoms with E-state index in [9.17, 15) is 9.59 Å². The van der Waals surface area contributed by atoms with Gasteiger partial charge in [-0.3, -0.25) is 4.79 Å². The van der Waals surface area contributed by atoms with Crippen LogP contribution < -0.4 is 4.74 Å². The number of benzene rings is 1. The molecular formula is C20H29NO5. The zero-order valence-electron chi connectivity index (χ0n) is 16.1. The Bertz CT molecular complexity index is 633. The monoisotopic (exact) mass is 363 g/mol. The summed E-state index contributed by atoms with van der Waals surface area (Å²) in [5.74, 6) is 0.0997. The van der Waals surface area contributed by atoms with Crippen LogP contribution in [0.5, 0.6) is 5.75 Å². The van der Waals surface area contributed by atoms with E-state index in [4.69, 9.17) is 14.6 Å². The van der Waals surface area contributed by atoms with Crippen molar-refractivity contribution in [1.82, 2.24) is 4.90 Å². The highest BCUT2D eigenvalue weighted by Gasteiger charge is 2.28. The molecule has 6 nitrogen and oxygen atoms in total. The number of hydrogen-bond acceptors (Lipinski definition) is 4. The summed E-state index contributed by atoms with van der Waals surface area (Å²) in [6.07, 6.45) is 2.00. The molecule has 0 aliphatic carbocycles. The van der Waals surface area contributed by atoms with Crippen LogP contribution in [0.3, 0.4) is 0 Å². The van der Waals surface area contributed by atoms with Crippen molar-refractivity contribution >= 4 is 11.9 Å². The number of likely N-dealkylation sites (tertiary alicyclic amines) is 1. The fourth-order valence-corrected chi connectivity index (χ4v) is 3.14. The largest absolute Gasteiger partial charge is 0.481 e. The normalized spacial score (nSPS) is 17.0. The highest BCUT2D eigenvalue weighted by Crippen LogP contribution is 2.26. The SMILES string of the molecule is Cc1cc(C(=O)N2CCC(OCCC(C)C)C2)cc(C)c1OCC(=O)O. The van der Waals surface area contributed by atoms with Crippen LogP contribution in [0.4, 0.5) is 0 Å². The second kappa shape index (κ2) is 9.03. The molecule has 1 saturated heterocycles. The molecule has 0 spiro atoms. The number of aliphatic carboxylic acids is 1. The van der Waals surface area contributed by atoms with Gasteiger partial charge in [0.2, 0.25) is 0 Å². The molecule has 1 fully saturated rings. The standard InChI is InChI=1S/C20H29NO5/c1-13(2)6-8-25-17-5-7-21(11-17)20(24)16-9-14(3)19(15(4)10-16)26-12-18(22)23/h9-10,13,17H,5-8,11-12H2,1-4H3,(H,22,23). The maximum Gasteiger partial charge on any atom is 0.341 e. The molecule has 2 rings (SSSR count). The van der Waals surface area contributed by atoms with E-state index in [0.29, 0.717) is 30.3 Å². The molecule has 1 unspecified atom stereocenters. The molecule has 144 valence electrons. The lowest BCUT2D eigenvalue weighted by molar-refractivity contribution is -0.139. The second-order valence-electron chi connectivity index (χ2n) is 7.34. The maximum atomic E-state index is 12.8. The van der Waals surface area contributed by atoms with E-state index >= 15 is 0 Å². The molecule has 1 aliphatic heterocycles. The molecule has 6 heteroatoms. The molecule has 1 aromatic rings. The van der Waals surface area contributed by atoms with Gasteiger partial charge in [0.1, 0.15) is 5.75 Å². The Morgan fingerprint density at radius 1 is 1.27 bits per heavy atom. The van der Waals surface area contributed by atoms with Crippen molar-refractivity contribution in [3.63, 3.8) is 0 Å². The highest BCUT2D eigenvalue weighted by atomic mass is 16.5. The third-order valence-electron chi connectivity index (χ3n) is 4.53.